The second-order valence-corrected chi connectivity index (χ2v) is 4.57. The molecule has 0 fully saturated rings. The molecule has 100 valence electrons. The van der Waals surface area contributed by atoms with Gasteiger partial charge in [-0.1, -0.05) is 22.0 Å². The summed E-state index contributed by atoms with van der Waals surface area (Å²) in [5, 5.41) is 3.30. The first-order valence-electron chi connectivity index (χ1n) is 5.63. The monoisotopic (exact) mass is 314 g/mol. The molecule has 4 nitrogen and oxygen atoms in total. The molecular weight excluding hydrogens is 296 g/mol. The molecule has 0 spiro atoms. The molecule has 1 aromatic carbocycles. The van der Waals surface area contributed by atoms with E-state index in [2.05, 4.69) is 27.8 Å². The van der Waals surface area contributed by atoms with E-state index in [4.69, 9.17) is 15.2 Å². The first-order valence-corrected chi connectivity index (χ1v) is 6.43. The Morgan fingerprint density at radius 2 is 2.00 bits per heavy atom. The molecule has 0 saturated carbocycles. The standard InChI is InChI=1S/C13H19BrN2O2/c1-4-5-16-11(8-15)9-6-12(17-2)13(18-3)7-10(9)14/h4,6-7,11,16H,1,5,8,15H2,2-3H3. The van der Waals surface area contributed by atoms with Crippen LogP contribution in [-0.2, 0) is 0 Å². The lowest BCUT2D eigenvalue weighted by atomic mass is 10.1. The number of benzene rings is 1. The van der Waals surface area contributed by atoms with Gasteiger partial charge in [0, 0.05) is 23.6 Å². The van der Waals surface area contributed by atoms with Crippen LogP contribution in [0.3, 0.4) is 0 Å². The molecule has 0 aliphatic carbocycles. The average molecular weight is 315 g/mol. The van der Waals surface area contributed by atoms with Crippen molar-refractivity contribution in [1.82, 2.24) is 5.32 Å². The molecule has 0 heterocycles. The second-order valence-electron chi connectivity index (χ2n) is 3.71. The molecule has 0 bridgehead atoms. The summed E-state index contributed by atoms with van der Waals surface area (Å²) in [5.74, 6) is 1.38. The number of halogens is 1. The van der Waals surface area contributed by atoms with Gasteiger partial charge in [-0.25, -0.2) is 0 Å². The van der Waals surface area contributed by atoms with E-state index < -0.39 is 0 Å². The second kappa shape index (κ2) is 7.41. The number of hydrogen-bond donors (Lipinski definition) is 2. The highest BCUT2D eigenvalue weighted by Crippen LogP contribution is 2.35. The number of nitrogens with one attached hydrogen (secondary N) is 1. The maximum atomic E-state index is 5.79. The van der Waals surface area contributed by atoms with E-state index in [-0.39, 0.29) is 6.04 Å². The van der Waals surface area contributed by atoms with Crippen LogP contribution in [0.4, 0.5) is 0 Å². The van der Waals surface area contributed by atoms with Crippen molar-refractivity contribution in [3.8, 4) is 11.5 Å². The van der Waals surface area contributed by atoms with Gasteiger partial charge >= 0.3 is 0 Å². The first kappa shape index (κ1) is 15.0. The summed E-state index contributed by atoms with van der Waals surface area (Å²) in [5.41, 5.74) is 6.83. The maximum absolute atomic E-state index is 5.79. The lowest BCUT2D eigenvalue weighted by molar-refractivity contribution is 0.353. The van der Waals surface area contributed by atoms with Crippen LogP contribution in [-0.4, -0.2) is 27.3 Å². The van der Waals surface area contributed by atoms with Gasteiger partial charge in [0.1, 0.15) is 0 Å². The van der Waals surface area contributed by atoms with E-state index in [1.165, 1.54) is 0 Å². The SMILES string of the molecule is C=CCNC(CN)c1cc(OC)c(OC)cc1Br. The molecule has 0 radical (unpaired) electrons. The smallest absolute Gasteiger partial charge is 0.161 e. The fourth-order valence-electron chi connectivity index (χ4n) is 1.68. The largest absolute Gasteiger partial charge is 0.493 e. The van der Waals surface area contributed by atoms with E-state index in [9.17, 15) is 0 Å². The van der Waals surface area contributed by atoms with Crippen LogP contribution < -0.4 is 20.5 Å². The minimum atomic E-state index is 0.0391. The van der Waals surface area contributed by atoms with Gasteiger partial charge in [0.25, 0.3) is 0 Å². The summed E-state index contributed by atoms with van der Waals surface area (Å²) in [6.45, 7) is 4.87. The molecular formula is C13H19BrN2O2. The molecule has 1 atom stereocenters. The Balaban J connectivity index is 3.09. The topological polar surface area (TPSA) is 56.5 Å². The Labute approximate surface area is 116 Å². The Kier molecular flexibility index (Phi) is 6.18. The zero-order valence-corrected chi connectivity index (χ0v) is 12.3. The van der Waals surface area contributed by atoms with Crippen molar-refractivity contribution in [2.24, 2.45) is 5.73 Å². The normalized spacial score (nSPS) is 12.0. The number of hydrogen-bond acceptors (Lipinski definition) is 4. The molecule has 5 heteroatoms. The van der Waals surface area contributed by atoms with Crippen LogP contribution in [0.25, 0.3) is 0 Å². The summed E-state index contributed by atoms with van der Waals surface area (Å²) < 4.78 is 11.5. The summed E-state index contributed by atoms with van der Waals surface area (Å²) in [4.78, 5) is 0. The summed E-state index contributed by atoms with van der Waals surface area (Å²) in [6, 6.07) is 3.85. The van der Waals surface area contributed by atoms with Gasteiger partial charge in [0.2, 0.25) is 0 Å². The Hall–Kier alpha value is -1.04. The van der Waals surface area contributed by atoms with Crippen LogP contribution in [0.1, 0.15) is 11.6 Å². The Bertz CT molecular complexity index is 410. The lowest BCUT2D eigenvalue weighted by Crippen LogP contribution is -2.28. The molecule has 0 aromatic heterocycles. The highest BCUT2D eigenvalue weighted by Gasteiger charge is 2.16. The van der Waals surface area contributed by atoms with Crippen LogP contribution in [0.5, 0.6) is 11.5 Å². The van der Waals surface area contributed by atoms with Crippen molar-refractivity contribution < 1.29 is 9.47 Å². The molecule has 0 aliphatic heterocycles. The minimum Gasteiger partial charge on any atom is -0.493 e. The van der Waals surface area contributed by atoms with Crippen molar-refractivity contribution in [3.63, 3.8) is 0 Å². The van der Waals surface area contributed by atoms with Gasteiger partial charge in [0.05, 0.1) is 14.2 Å². The zero-order valence-electron chi connectivity index (χ0n) is 10.7. The van der Waals surface area contributed by atoms with Crippen LogP contribution in [0, 0.1) is 0 Å². The van der Waals surface area contributed by atoms with Crippen molar-refractivity contribution in [3.05, 3.63) is 34.8 Å². The highest BCUT2D eigenvalue weighted by molar-refractivity contribution is 9.10. The number of nitrogens with two attached hydrogens (primary N) is 1. The van der Waals surface area contributed by atoms with Crippen molar-refractivity contribution >= 4 is 15.9 Å². The predicted octanol–water partition coefficient (Wildman–Crippen LogP) is 2.24. The molecule has 0 saturated heterocycles. The van der Waals surface area contributed by atoms with E-state index in [0.717, 1.165) is 10.0 Å². The molecule has 1 aromatic rings. The Morgan fingerprint density at radius 3 is 2.50 bits per heavy atom. The van der Waals surface area contributed by atoms with E-state index in [1.807, 2.05) is 12.1 Å². The lowest BCUT2D eigenvalue weighted by Gasteiger charge is -2.20. The van der Waals surface area contributed by atoms with E-state index in [1.54, 1.807) is 20.3 Å². The molecule has 18 heavy (non-hydrogen) atoms. The van der Waals surface area contributed by atoms with Crippen LogP contribution >= 0.6 is 15.9 Å². The third-order valence-electron chi connectivity index (χ3n) is 2.62. The minimum absolute atomic E-state index is 0.0391. The van der Waals surface area contributed by atoms with Crippen molar-refractivity contribution in [2.75, 3.05) is 27.3 Å². The van der Waals surface area contributed by atoms with Gasteiger partial charge in [-0.15, -0.1) is 6.58 Å². The quantitative estimate of drug-likeness (QED) is 0.758. The fourth-order valence-corrected chi connectivity index (χ4v) is 2.28. The summed E-state index contributed by atoms with van der Waals surface area (Å²) in [7, 11) is 3.23. The average Bonchev–Trinajstić information content (AvgIpc) is 2.40. The first-order chi connectivity index (χ1) is 8.67. The summed E-state index contributed by atoms with van der Waals surface area (Å²) >= 11 is 3.53. The number of ether oxygens (including phenoxy) is 2. The van der Waals surface area contributed by atoms with E-state index in [0.29, 0.717) is 24.6 Å². The number of rotatable bonds is 7. The summed E-state index contributed by atoms with van der Waals surface area (Å²) in [6.07, 6.45) is 1.80. The van der Waals surface area contributed by atoms with E-state index >= 15 is 0 Å². The molecule has 0 amide bonds. The predicted molar refractivity (Wildman–Crippen MR) is 77.2 cm³/mol. The van der Waals surface area contributed by atoms with Crippen LogP contribution in [0.15, 0.2) is 29.3 Å². The fraction of sp³-hybridized carbons (Fsp3) is 0.385. The zero-order chi connectivity index (χ0) is 13.5. The van der Waals surface area contributed by atoms with Crippen molar-refractivity contribution in [1.29, 1.82) is 0 Å². The van der Waals surface area contributed by atoms with Crippen LogP contribution in [0.2, 0.25) is 0 Å². The molecule has 1 rings (SSSR count). The third kappa shape index (κ3) is 3.48. The Morgan fingerprint density at radius 1 is 1.39 bits per heavy atom. The number of methoxy groups -OCH3 is 2. The van der Waals surface area contributed by atoms with Gasteiger partial charge in [-0.2, -0.15) is 0 Å². The van der Waals surface area contributed by atoms with Gasteiger partial charge in [-0.3, -0.25) is 0 Å². The molecule has 1 unspecified atom stereocenters. The van der Waals surface area contributed by atoms with Crippen molar-refractivity contribution in [2.45, 2.75) is 6.04 Å². The molecule has 0 aliphatic rings. The van der Waals surface area contributed by atoms with Gasteiger partial charge in [-0.05, 0) is 17.7 Å². The third-order valence-corrected chi connectivity index (χ3v) is 3.31. The van der Waals surface area contributed by atoms with Gasteiger partial charge < -0.3 is 20.5 Å². The molecule has 3 N–H and O–H groups in total. The van der Waals surface area contributed by atoms with Gasteiger partial charge in [0.15, 0.2) is 11.5 Å². The maximum Gasteiger partial charge on any atom is 0.161 e. The highest BCUT2D eigenvalue weighted by atomic mass is 79.9.